The lowest BCUT2D eigenvalue weighted by Crippen LogP contribution is -2.12. The van der Waals surface area contributed by atoms with Gasteiger partial charge in [-0.2, -0.15) is 0 Å². The molecule has 1 aromatic heterocycles. The van der Waals surface area contributed by atoms with Gasteiger partial charge in [-0.15, -0.1) is 0 Å². The number of aromatic nitrogens is 2. The summed E-state index contributed by atoms with van der Waals surface area (Å²) in [4.78, 5) is 11.2. The molecule has 2 aromatic carbocycles. The summed E-state index contributed by atoms with van der Waals surface area (Å²) < 4.78 is 19.8. The summed E-state index contributed by atoms with van der Waals surface area (Å²) in [6, 6.07) is 10.2. The smallest absolute Gasteiger partial charge is 0.165 e. The quantitative estimate of drug-likeness (QED) is 0.594. The van der Waals surface area contributed by atoms with Crippen molar-refractivity contribution in [2.75, 3.05) is 21.2 Å². The van der Waals surface area contributed by atoms with Crippen LogP contribution >= 0.6 is 23.8 Å². The second-order valence-electron chi connectivity index (χ2n) is 6.05. The highest BCUT2D eigenvalue weighted by molar-refractivity contribution is 7.71. The van der Waals surface area contributed by atoms with Gasteiger partial charge in [-0.05, 0) is 26.2 Å². The van der Waals surface area contributed by atoms with Gasteiger partial charge in [0.1, 0.15) is 4.64 Å². The number of methoxy groups -OCH3 is 1. The molecule has 0 aliphatic carbocycles. The van der Waals surface area contributed by atoms with E-state index in [0.717, 1.165) is 0 Å². The van der Waals surface area contributed by atoms with E-state index in [2.05, 4.69) is 4.98 Å². The fraction of sp³-hybridized carbons (Fsp3) is 0.211. The Morgan fingerprint density at radius 2 is 1.92 bits per heavy atom. The lowest BCUT2D eigenvalue weighted by molar-refractivity contribution is 0.387. The fourth-order valence-electron chi connectivity index (χ4n) is 2.66. The van der Waals surface area contributed by atoms with Gasteiger partial charge in [-0.3, -0.25) is 0 Å². The molecule has 3 aromatic rings. The van der Waals surface area contributed by atoms with Crippen molar-refractivity contribution in [2.45, 2.75) is 6.54 Å². The zero-order valence-corrected chi connectivity index (χ0v) is 16.2. The van der Waals surface area contributed by atoms with E-state index in [0.29, 0.717) is 44.1 Å². The van der Waals surface area contributed by atoms with E-state index < -0.39 is 5.82 Å². The van der Waals surface area contributed by atoms with E-state index in [1.807, 2.05) is 37.2 Å². The normalized spacial score (nSPS) is 11.2. The van der Waals surface area contributed by atoms with Gasteiger partial charge in [0.2, 0.25) is 0 Å². The first kappa shape index (κ1) is 18.6. The molecule has 1 heterocycles. The Morgan fingerprint density at radius 3 is 2.58 bits per heavy atom. The lowest BCUT2D eigenvalue weighted by Gasteiger charge is -2.09. The third-order valence-electron chi connectivity index (χ3n) is 3.84. The predicted molar refractivity (Wildman–Crippen MR) is 105 cm³/mol. The molecule has 0 N–H and O–H groups in total. The molecule has 0 fully saturated rings. The van der Waals surface area contributed by atoms with E-state index in [1.165, 1.54) is 19.2 Å². The largest absolute Gasteiger partial charge is 0.494 e. The topological polar surface area (TPSA) is 38.2 Å². The SMILES string of the molecule is COc1cc2nc(=S)c(CN(C)C)nc(-c3ccccc3Cl)c2cc1F. The van der Waals surface area contributed by atoms with Crippen molar-refractivity contribution in [3.8, 4) is 17.0 Å². The first-order chi connectivity index (χ1) is 12.4. The molecule has 0 saturated heterocycles. The van der Waals surface area contributed by atoms with Crippen LogP contribution in [0.25, 0.3) is 22.2 Å². The van der Waals surface area contributed by atoms with Gasteiger partial charge in [-0.25, -0.2) is 14.4 Å². The van der Waals surface area contributed by atoms with Gasteiger partial charge >= 0.3 is 0 Å². The molecule has 0 radical (unpaired) electrons. The van der Waals surface area contributed by atoms with Gasteiger partial charge in [0.05, 0.1) is 24.0 Å². The van der Waals surface area contributed by atoms with Gasteiger partial charge in [-0.1, -0.05) is 42.0 Å². The van der Waals surface area contributed by atoms with Crippen LogP contribution in [0, 0.1) is 10.5 Å². The van der Waals surface area contributed by atoms with Crippen LogP contribution < -0.4 is 4.74 Å². The second kappa shape index (κ2) is 7.61. The van der Waals surface area contributed by atoms with Crippen LogP contribution in [0.15, 0.2) is 36.4 Å². The molecule has 3 rings (SSSR count). The summed E-state index contributed by atoms with van der Waals surface area (Å²) in [6.45, 7) is 0.504. The van der Waals surface area contributed by atoms with E-state index in [4.69, 9.17) is 33.5 Å². The number of hydrogen-bond donors (Lipinski definition) is 0. The Balaban J connectivity index is 2.46. The molecule has 0 atom stereocenters. The zero-order valence-electron chi connectivity index (χ0n) is 14.6. The molecule has 0 aliphatic rings. The van der Waals surface area contributed by atoms with E-state index in [1.54, 1.807) is 6.07 Å². The summed E-state index contributed by atoms with van der Waals surface area (Å²) in [5.41, 5.74) is 2.35. The first-order valence-electron chi connectivity index (χ1n) is 7.89. The minimum atomic E-state index is -0.497. The summed E-state index contributed by atoms with van der Waals surface area (Å²) in [7, 11) is 5.24. The molecule has 4 nitrogen and oxygen atoms in total. The first-order valence-corrected chi connectivity index (χ1v) is 8.67. The molecule has 134 valence electrons. The van der Waals surface area contributed by atoms with E-state index in [9.17, 15) is 4.39 Å². The van der Waals surface area contributed by atoms with Crippen molar-refractivity contribution in [2.24, 2.45) is 0 Å². The molecule has 26 heavy (non-hydrogen) atoms. The number of benzene rings is 2. The molecular weight excluding hydrogens is 373 g/mol. The van der Waals surface area contributed by atoms with Crippen LogP contribution in [-0.4, -0.2) is 36.1 Å². The van der Waals surface area contributed by atoms with Crippen LogP contribution in [0.4, 0.5) is 4.39 Å². The fourth-order valence-corrected chi connectivity index (χ4v) is 3.09. The molecule has 0 unspecified atom stereocenters. The summed E-state index contributed by atoms with van der Waals surface area (Å²) >= 11 is 11.8. The van der Waals surface area contributed by atoms with E-state index >= 15 is 0 Å². The highest BCUT2D eigenvalue weighted by Gasteiger charge is 2.15. The Hall–Kier alpha value is -2.15. The molecule has 0 amide bonds. The Labute approximate surface area is 161 Å². The molecule has 0 spiro atoms. The molecular formula is C19H17ClFN3OS. The third-order valence-corrected chi connectivity index (χ3v) is 4.49. The number of ether oxygens (including phenoxy) is 1. The van der Waals surface area contributed by atoms with Crippen molar-refractivity contribution in [1.29, 1.82) is 0 Å². The number of fused-ring (bicyclic) bond motifs is 1. The maximum atomic E-state index is 14.4. The van der Waals surface area contributed by atoms with E-state index in [-0.39, 0.29) is 5.75 Å². The standard InChI is InChI=1S/C19H17ClFN3OS/c1-24(2)10-16-19(26)23-15-9-17(25-3)14(21)8-12(15)18(22-16)11-6-4-5-7-13(11)20/h4-9H,10H2,1-3H3. The van der Waals surface area contributed by atoms with Crippen LogP contribution in [0.1, 0.15) is 5.69 Å². The van der Waals surface area contributed by atoms with Gasteiger partial charge in [0.25, 0.3) is 0 Å². The van der Waals surface area contributed by atoms with Crippen molar-refractivity contribution < 1.29 is 9.13 Å². The minimum Gasteiger partial charge on any atom is -0.494 e. The summed E-state index contributed by atoms with van der Waals surface area (Å²) in [5.74, 6) is -0.395. The van der Waals surface area contributed by atoms with Crippen molar-refractivity contribution in [3.05, 3.63) is 57.6 Å². The zero-order chi connectivity index (χ0) is 18.8. The number of hydrogen-bond acceptors (Lipinski definition) is 5. The Bertz CT molecular complexity index is 1040. The van der Waals surface area contributed by atoms with Gasteiger partial charge < -0.3 is 9.64 Å². The van der Waals surface area contributed by atoms with Gasteiger partial charge in [0, 0.05) is 28.6 Å². The Morgan fingerprint density at radius 1 is 1.19 bits per heavy atom. The van der Waals surface area contributed by atoms with Crippen LogP contribution in [0.5, 0.6) is 5.75 Å². The predicted octanol–water partition coefficient (Wildman–Crippen LogP) is 4.89. The number of rotatable bonds is 4. The monoisotopic (exact) mass is 389 g/mol. The summed E-state index contributed by atoms with van der Waals surface area (Å²) in [6.07, 6.45) is 0. The maximum Gasteiger partial charge on any atom is 0.165 e. The van der Waals surface area contributed by atoms with Crippen molar-refractivity contribution in [3.63, 3.8) is 0 Å². The molecule has 7 heteroatoms. The maximum absolute atomic E-state index is 14.4. The summed E-state index contributed by atoms with van der Waals surface area (Å²) in [5, 5.41) is 1.04. The van der Waals surface area contributed by atoms with Crippen LogP contribution in [-0.2, 0) is 6.54 Å². The van der Waals surface area contributed by atoms with Gasteiger partial charge in [0.15, 0.2) is 11.6 Å². The Kier molecular flexibility index (Phi) is 5.46. The lowest BCUT2D eigenvalue weighted by atomic mass is 10.1. The third kappa shape index (κ3) is 3.67. The average molecular weight is 390 g/mol. The van der Waals surface area contributed by atoms with Crippen molar-refractivity contribution in [1.82, 2.24) is 14.9 Å². The molecule has 0 aliphatic heterocycles. The highest BCUT2D eigenvalue weighted by atomic mass is 35.5. The molecule has 0 bridgehead atoms. The van der Waals surface area contributed by atoms with Crippen LogP contribution in [0.3, 0.4) is 0 Å². The highest BCUT2D eigenvalue weighted by Crippen LogP contribution is 2.33. The number of nitrogens with zero attached hydrogens (tertiary/aromatic N) is 3. The van der Waals surface area contributed by atoms with Crippen LogP contribution in [0.2, 0.25) is 5.02 Å². The van der Waals surface area contributed by atoms with Crippen molar-refractivity contribution >= 4 is 34.7 Å². The average Bonchev–Trinajstić information content (AvgIpc) is 2.71. The minimum absolute atomic E-state index is 0.102. The second-order valence-corrected chi connectivity index (χ2v) is 6.84. The molecule has 0 saturated carbocycles. The number of halogens is 2.